The number of hydrogen-bond donors (Lipinski definition) is 1. The minimum atomic E-state index is -4.50. The Morgan fingerprint density at radius 2 is 1.92 bits per heavy atom. The van der Waals surface area contributed by atoms with Crippen LogP contribution in [0.5, 0.6) is 5.75 Å². The summed E-state index contributed by atoms with van der Waals surface area (Å²) < 4.78 is 47.2. The van der Waals surface area contributed by atoms with Gasteiger partial charge in [-0.15, -0.1) is 11.3 Å². The Hall–Kier alpha value is -3.10. The lowest BCUT2D eigenvalue weighted by molar-refractivity contribution is -0.147. The van der Waals surface area contributed by atoms with E-state index in [1.165, 1.54) is 17.2 Å². The summed E-state index contributed by atoms with van der Waals surface area (Å²) in [4.78, 5) is 15.9. The van der Waals surface area contributed by atoms with E-state index < -0.39 is 23.1 Å². The van der Waals surface area contributed by atoms with Crippen LogP contribution in [0.15, 0.2) is 60.2 Å². The zero-order valence-corrected chi connectivity index (χ0v) is 21.3. The molecule has 0 spiro atoms. The minimum Gasteiger partial charge on any atom is -0.488 e. The predicted octanol–water partition coefficient (Wildman–Crippen LogP) is 7.14. The maximum atomic E-state index is 13.8. The first-order chi connectivity index (χ1) is 17.6. The highest BCUT2D eigenvalue weighted by Crippen LogP contribution is 2.40. The Morgan fingerprint density at radius 3 is 2.62 bits per heavy atom. The van der Waals surface area contributed by atoms with E-state index in [1.54, 1.807) is 54.7 Å². The highest BCUT2D eigenvalue weighted by Gasteiger charge is 2.40. The Kier molecular flexibility index (Phi) is 6.89. The summed E-state index contributed by atoms with van der Waals surface area (Å²) in [7, 11) is 0. The number of aliphatic carboxylic acids is 1. The molecule has 1 aromatic heterocycles. The lowest BCUT2D eigenvalue weighted by Gasteiger charge is -2.22. The molecule has 2 heterocycles. The summed E-state index contributed by atoms with van der Waals surface area (Å²) in [6, 6.07) is 14.7. The topological polar surface area (TPSA) is 49.8 Å². The van der Waals surface area contributed by atoms with Gasteiger partial charge in [-0.05, 0) is 73.7 Å². The molecule has 0 bridgehead atoms. The van der Waals surface area contributed by atoms with Crippen LogP contribution in [0.4, 0.5) is 13.2 Å². The number of thiophene rings is 1. The van der Waals surface area contributed by atoms with E-state index in [0.29, 0.717) is 18.5 Å². The van der Waals surface area contributed by atoms with Crippen LogP contribution in [0.2, 0.25) is 0 Å². The van der Waals surface area contributed by atoms with Crippen molar-refractivity contribution < 1.29 is 27.8 Å². The molecule has 37 heavy (non-hydrogen) atoms. The smallest absolute Gasteiger partial charge is 0.417 e. The number of benzene rings is 2. The zero-order chi connectivity index (χ0) is 26.2. The van der Waals surface area contributed by atoms with Gasteiger partial charge in [-0.1, -0.05) is 42.0 Å². The van der Waals surface area contributed by atoms with Crippen LogP contribution < -0.4 is 4.74 Å². The zero-order valence-electron chi connectivity index (χ0n) is 20.5. The van der Waals surface area contributed by atoms with Gasteiger partial charge in [-0.3, -0.25) is 9.69 Å². The molecule has 5 rings (SSSR count). The van der Waals surface area contributed by atoms with E-state index in [-0.39, 0.29) is 17.9 Å². The van der Waals surface area contributed by atoms with Crippen molar-refractivity contribution in [3.05, 3.63) is 81.1 Å². The van der Waals surface area contributed by atoms with Crippen molar-refractivity contribution in [1.82, 2.24) is 4.90 Å². The van der Waals surface area contributed by atoms with E-state index in [9.17, 15) is 23.1 Å². The standard InChI is InChI=1S/C29H28F3NO3S/c1-28(27(34)35)11-12-33(18-28)16-19-7-8-21-14-23(37-26(21)13-19)17-36-22-9-10-24(20-5-3-2-4-6-20)25(15-22)29(30,31)32/h2-6,9-10,13-15H,7-8,11-12,16-18H2,1H3,(H,34,35). The van der Waals surface area contributed by atoms with Crippen molar-refractivity contribution >= 4 is 23.4 Å². The van der Waals surface area contributed by atoms with Gasteiger partial charge in [0, 0.05) is 22.8 Å². The van der Waals surface area contributed by atoms with Crippen molar-refractivity contribution in [3.63, 3.8) is 0 Å². The van der Waals surface area contributed by atoms with E-state index in [0.717, 1.165) is 41.8 Å². The Morgan fingerprint density at radius 1 is 1.14 bits per heavy atom. The van der Waals surface area contributed by atoms with Gasteiger partial charge in [-0.2, -0.15) is 13.2 Å². The fourth-order valence-corrected chi connectivity index (χ4v) is 6.21. The van der Waals surface area contributed by atoms with Gasteiger partial charge in [0.25, 0.3) is 0 Å². The normalized spacial score (nSPS) is 19.9. The number of ether oxygens (including phenoxy) is 1. The van der Waals surface area contributed by atoms with Crippen LogP contribution in [0, 0.1) is 5.41 Å². The first-order valence-corrected chi connectivity index (χ1v) is 13.1. The molecule has 1 fully saturated rings. The average Bonchev–Trinajstić information content (AvgIpc) is 3.46. The number of carbonyl (C=O) groups is 1. The molecule has 1 aliphatic heterocycles. The van der Waals surface area contributed by atoms with Crippen LogP contribution in [0.3, 0.4) is 0 Å². The number of fused-ring (bicyclic) bond motifs is 1. The van der Waals surface area contributed by atoms with Gasteiger partial charge in [0.1, 0.15) is 12.4 Å². The molecule has 4 nitrogen and oxygen atoms in total. The quantitative estimate of drug-likeness (QED) is 0.355. The van der Waals surface area contributed by atoms with Gasteiger partial charge in [-0.25, -0.2) is 0 Å². The molecule has 3 aromatic rings. The number of rotatable bonds is 7. The summed E-state index contributed by atoms with van der Waals surface area (Å²) >= 11 is 1.59. The second-order valence-corrected chi connectivity index (χ2v) is 11.3. The predicted molar refractivity (Wildman–Crippen MR) is 139 cm³/mol. The number of likely N-dealkylation sites (tertiary alicyclic amines) is 1. The maximum absolute atomic E-state index is 13.8. The van der Waals surface area contributed by atoms with Crippen molar-refractivity contribution in [2.45, 2.75) is 39.0 Å². The molecule has 194 valence electrons. The van der Waals surface area contributed by atoms with E-state index in [1.807, 2.05) is 0 Å². The largest absolute Gasteiger partial charge is 0.488 e. The Bertz CT molecular complexity index is 1330. The van der Waals surface area contributed by atoms with Crippen LogP contribution in [-0.4, -0.2) is 35.6 Å². The lowest BCUT2D eigenvalue weighted by atomic mass is 9.90. The Labute approximate surface area is 218 Å². The van der Waals surface area contributed by atoms with Gasteiger partial charge in [0.2, 0.25) is 0 Å². The van der Waals surface area contributed by atoms with Crippen LogP contribution in [0.1, 0.15) is 40.6 Å². The molecular formula is C29H28F3NO3S. The summed E-state index contributed by atoms with van der Waals surface area (Å²) in [5, 5.41) is 9.48. The molecule has 0 saturated carbocycles. The van der Waals surface area contributed by atoms with Gasteiger partial charge in [0.15, 0.2) is 0 Å². The van der Waals surface area contributed by atoms with Gasteiger partial charge < -0.3 is 9.84 Å². The molecule has 1 atom stereocenters. The third kappa shape index (κ3) is 5.60. The average molecular weight is 528 g/mol. The number of halogens is 3. The van der Waals surface area contributed by atoms with E-state index >= 15 is 0 Å². The number of carboxylic acids is 1. The van der Waals surface area contributed by atoms with Crippen LogP contribution >= 0.6 is 11.3 Å². The SMILES string of the molecule is CC1(C(=O)O)CCN(CC2=Cc3sc(COc4ccc(-c5ccccc5)c(C(F)(F)F)c4)cc3CC2)C1. The molecule has 1 N–H and O–H groups in total. The van der Waals surface area contributed by atoms with Crippen LogP contribution in [-0.2, 0) is 24.0 Å². The second kappa shape index (κ2) is 9.99. The fraction of sp³-hybridized carbons (Fsp3) is 0.345. The molecular weight excluding hydrogens is 499 g/mol. The van der Waals surface area contributed by atoms with Crippen molar-refractivity contribution in [1.29, 1.82) is 0 Å². The third-order valence-electron chi connectivity index (χ3n) is 7.20. The van der Waals surface area contributed by atoms with E-state index in [4.69, 9.17) is 4.74 Å². The highest BCUT2D eigenvalue weighted by molar-refractivity contribution is 7.13. The number of nitrogens with zero attached hydrogens (tertiary/aromatic N) is 1. The highest BCUT2D eigenvalue weighted by atomic mass is 32.1. The molecule has 1 aliphatic carbocycles. The summed E-state index contributed by atoms with van der Waals surface area (Å²) in [5.41, 5.74) is 1.75. The number of aryl methyl sites for hydroxylation is 1. The van der Waals surface area contributed by atoms with Gasteiger partial charge in [0.05, 0.1) is 11.0 Å². The molecule has 1 saturated heterocycles. The second-order valence-electron chi connectivity index (χ2n) is 10.1. The maximum Gasteiger partial charge on any atom is 0.417 e. The first kappa shape index (κ1) is 25.5. The van der Waals surface area contributed by atoms with E-state index in [2.05, 4.69) is 17.0 Å². The monoisotopic (exact) mass is 527 g/mol. The summed E-state index contributed by atoms with van der Waals surface area (Å²) in [5.74, 6) is -0.556. The third-order valence-corrected chi connectivity index (χ3v) is 8.30. The molecule has 2 aromatic carbocycles. The lowest BCUT2D eigenvalue weighted by Crippen LogP contribution is -2.32. The molecule has 8 heteroatoms. The molecule has 0 radical (unpaired) electrons. The van der Waals surface area contributed by atoms with Crippen molar-refractivity contribution in [2.75, 3.05) is 19.6 Å². The minimum absolute atomic E-state index is 0.131. The summed E-state index contributed by atoms with van der Waals surface area (Å²) in [6.07, 6.45) is 0.153. The number of hydrogen-bond acceptors (Lipinski definition) is 4. The first-order valence-electron chi connectivity index (χ1n) is 12.3. The molecule has 1 unspecified atom stereocenters. The van der Waals surface area contributed by atoms with Crippen molar-refractivity contribution in [2.24, 2.45) is 5.41 Å². The Balaban J connectivity index is 1.26. The molecule has 0 amide bonds. The number of carboxylic acid groups (broad SMARTS) is 1. The van der Waals surface area contributed by atoms with Crippen molar-refractivity contribution in [3.8, 4) is 16.9 Å². The van der Waals surface area contributed by atoms with Gasteiger partial charge >= 0.3 is 12.1 Å². The van der Waals surface area contributed by atoms with Crippen LogP contribution in [0.25, 0.3) is 17.2 Å². The summed E-state index contributed by atoms with van der Waals surface area (Å²) in [6.45, 7) is 4.10. The molecule has 2 aliphatic rings. The number of alkyl halides is 3. The fourth-order valence-electron chi connectivity index (χ4n) is 5.09.